The van der Waals surface area contributed by atoms with Crippen LogP contribution in [0.5, 0.6) is 11.5 Å². The smallest absolute Gasteiger partial charge is 0.161 e. The first kappa shape index (κ1) is 10.9. The minimum absolute atomic E-state index is 0.655. The highest BCUT2D eigenvalue weighted by Crippen LogP contribution is 2.30. The summed E-state index contributed by atoms with van der Waals surface area (Å²) in [7, 11) is 0. The van der Waals surface area contributed by atoms with Crippen molar-refractivity contribution in [3.05, 3.63) is 23.8 Å². The maximum atomic E-state index is 5.57. The second-order valence-corrected chi connectivity index (χ2v) is 4.54. The Labute approximate surface area is 101 Å². The number of hydrogen-bond donors (Lipinski definition) is 2. The van der Waals surface area contributed by atoms with E-state index >= 15 is 0 Å². The molecule has 2 aliphatic heterocycles. The Morgan fingerprint density at radius 2 is 2.00 bits per heavy atom. The van der Waals surface area contributed by atoms with Gasteiger partial charge in [0, 0.05) is 19.1 Å². The number of rotatable bonds is 4. The lowest BCUT2D eigenvalue weighted by Gasteiger charge is -2.28. The number of hydrogen-bond acceptors (Lipinski definition) is 4. The van der Waals surface area contributed by atoms with Gasteiger partial charge in [-0.25, -0.2) is 0 Å². The molecule has 17 heavy (non-hydrogen) atoms. The molecule has 1 fully saturated rings. The molecule has 0 atom stereocenters. The number of benzene rings is 1. The first-order valence-corrected chi connectivity index (χ1v) is 6.24. The van der Waals surface area contributed by atoms with E-state index < -0.39 is 0 Å². The molecule has 4 heteroatoms. The SMILES string of the molecule is c1cc2c(cc1CCNC1CNC1)OCCO2. The summed E-state index contributed by atoms with van der Waals surface area (Å²) in [6.07, 6.45) is 1.03. The fourth-order valence-electron chi connectivity index (χ4n) is 2.10. The predicted octanol–water partition coefficient (Wildman–Crippen LogP) is 0.562. The van der Waals surface area contributed by atoms with Gasteiger partial charge in [-0.2, -0.15) is 0 Å². The summed E-state index contributed by atoms with van der Waals surface area (Å²) in [5.41, 5.74) is 1.30. The molecule has 4 nitrogen and oxygen atoms in total. The van der Waals surface area contributed by atoms with Gasteiger partial charge in [0.05, 0.1) is 0 Å². The molecular weight excluding hydrogens is 216 g/mol. The van der Waals surface area contributed by atoms with E-state index in [0.717, 1.165) is 37.6 Å². The Kier molecular flexibility index (Phi) is 3.16. The van der Waals surface area contributed by atoms with Crippen LogP contribution in [0.15, 0.2) is 18.2 Å². The normalized spacial score (nSPS) is 18.8. The van der Waals surface area contributed by atoms with Crippen molar-refractivity contribution in [3.63, 3.8) is 0 Å². The average molecular weight is 234 g/mol. The highest BCUT2D eigenvalue weighted by molar-refractivity contribution is 5.43. The predicted molar refractivity (Wildman–Crippen MR) is 65.8 cm³/mol. The van der Waals surface area contributed by atoms with Gasteiger partial charge in [0.25, 0.3) is 0 Å². The van der Waals surface area contributed by atoms with Crippen LogP contribution in [-0.2, 0) is 6.42 Å². The average Bonchev–Trinajstić information content (AvgIpc) is 2.32. The monoisotopic (exact) mass is 234 g/mol. The molecule has 2 N–H and O–H groups in total. The molecule has 0 bridgehead atoms. The van der Waals surface area contributed by atoms with Crippen molar-refractivity contribution in [1.82, 2.24) is 10.6 Å². The molecule has 0 amide bonds. The second-order valence-electron chi connectivity index (χ2n) is 4.54. The van der Waals surface area contributed by atoms with Crippen LogP contribution in [0.3, 0.4) is 0 Å². The van der Waals surface area contributed by atoms with Crippen molar-refractivity contribution in [3.8, 4) is 11.5 Å². The summed E-state index contributed by atoms with van der Waals surface area (Å²) < 4.78 is 11.1. The maximum Gasteiger partial charge on any atom is 0.161 e. The fourth-order valence-corrected chi connectivity index (χ4v) is 2.10. The zero-order valence-corrected chi connectivity index (χ0v) is 9.87. The molecule has 0 aromatic heterocycles. The maximum absolute atomic E-state index is 5.57. The summed E-state index contributed by atoms with van der Waals surface area (Å²) in [5, 5.41) is 6.76. The van der Waals surface area contributed by atoms with E-state index in [1.54, 1.807) is 0 Å². The van der Waals surface area contributed by atoms with Crippen molar-refractivity contribution in [2.45, 2.75) is 12.5 Å². The van der Waals surface area contributed by atoms with Crippen LogP contribution in [0.1, 0.15) is 5.56 Å². The summed E-state index contributed by atoms with van der Waals surface area (Å²) >= 11 is 0. The molecule has 1 aromatic rings. The molecule has 0 radical (unpaired) electrons. The first-order valence-electron chi connectivity index (χ1n) is 6.24. The summed E-state index contributed by atoms with van der Waals surface area (Å²) in [6.45, 7) is 4.53. The summed E-state index contributed by atoms with van der Waals surface area (Å²) in [5.74, 6) is 1.76. The standard InChI is InChI=1S/C13H18N2O2/c1-2-12-13(17-6-5-16-12)7-10(1)3-4-15-11-8-14-9-11/h1-2,7,11,14-15H,3-6,8-9H2. The van der Waals surface area contributed by atoms with Crippen LogP contribution in [0.4, 0.5) is 0 Å². The Morgan fingerprint density at radius 1 is 1.18 bits per heavy atom. The van der Waals surface area contributed by atoms with Gasteiger partial charge in [0.15, 0.2) is 11.5 Å². The van der Waals surface area contributed by atoms with E-state index in [9.17, 15) is 0 Å². The molecule has 2 aliphatic rings. The topological polar surface area (TPSA) is 42.5 Å². The van der Waals surface area contributed by atoms with Crippen molar-refractivity contribution in [2.24, 2.45) is 0 Å². The van der Waals surface area contributed by atoms with E-state index in [4.69, 9.17) is 9.47 Å². The molecule has 1 saturated heterocycles. The van der Waals surface area contributed by atoms with E-state index in [1.165, 1.54) is 5.56 Å². The van der Waals surface area contributed by atoms with Gasteiger partial charge in [-0.15, -0.1) is 0 Å². The molecule has 0 spiro atoms. The molecule has 0 aliphatic carbocycles. The van der Waals surface area contributed by atoms with Gasteiger partial charge in [0.1, 0.15) is 13.2 Å². The van der Waals surface area contributed by atoms with Gasteiger partial charge in [-0.05, 0) is 30.7 Å². The van der Waals surface area contributed by atoms with Gasteiger partial charge >= 0.3 is 0 Å². The molecule has 92 valence electrons. The van der Waals surface area contributed by atoms with E-state index in [-0.39, 0.29) is 0 Å². The Hall–Kier alpha value is -1.26. The molecule has 0 saturated carbocycles. The van der Waals surface area contributed by atoms with Crippen molar-refractivity contribution in [2.75, 3.05) is 32.8 Å². The minimum Gasteiger partial charge on any atom is -0.486 e. The van der Waals surface area contributed by atoms with Crippen LogP contribution in [0.2, 0.25) is 0 Å². The van der Waals surface area contributed by atoms with Crippen LogP contribution < -0.4 is 20.1 Å². The Balaban J connectivity index is 1.55. The second kappa shape index (κ2) is 4.94. The quantitative estimate of drug-likeness (QED) is 0.799. The number of ether oxygens (including phenoxy) is 2. The van der Waals surface area contributed by atoms with Crippen molar-refractivity contribution < 1.29 is 9.47 Å². The highest BCUT2D eigenvalue weighted by Gasteiger charge is 2.15. The molecule has 2 heterocycles. The lowest BCUT2D eigenvalue weighted by atomic mass is 10.1. The Morgan fingerprint density at radius 3 is 2.76 bits per heavy atom. The number of fused-ring (bicyclic) bond motifs is 1. The fraction of sp³-hybridized carbons (Fsp3) is 0.538. The molecule has 0 unspecified atom stereocenters. The summed E-state index contributed by atoms with van der Waals surface area (Å²) in [4.78, 5) is 0. The largest absolute Gasteiger partial charge is 0.486 e. The third kappa shape index (κ3) is 2.53. The van der Waals surface area contributed by atoms with Gasteiger partial charge in [-0.1, -0.05) is 6.07 Å². The third-order valence-corrected chi connectivity index (χ3v) is 3.23. The van der Waals surface area contributed by atoms with E-state index in [0.29, 0.717) is 19.3 Å². The van der Waals surface area contributed by atoms with E-state index in [1.807, 2.05) is 6.07 Å². The lowest BCUT2D eigenvalue weighted by molar-refractivity contribution is 0.171. The van der Waals surface area contributed by atoms with Crippen LogP contribution in [0, 0.1) is 0 Å². The number of nitrogens with one attached hydrogen (secondary N) is 2. The first-order chi connectivity index (χ1) is 8.42. The lowest BCUT2D eigenvalue weighted by Crippen LogP contribution is -2.55. The van der Waals surface area contributed by atoms with Gasteiger partial charge in [-0.3, -0.25) is 0 Å². The minimum atomic E-state index is 0.655. The van der Waals surface area contributed by atoms with Crippen molar-refractivity contribution in [1.29, 1.82) is 0 Å². The van der Waals surface area contributed by atoms with Crippen LogP contribution in [-0.4, -0.2) is 38.9 Å². The van der Waals surface area contributed by atoms with Gasteiger partial charge < -0.3 is 20.1 Å². The van der Waals surface area contributed by atoms with Crippen LogP contribution >= 0.6 is 0 Å². The van der Waals surface area contributed by atoms with E-state index in [2.05, 4.69) is 22.8 Å². The van der Waals surface area contributed by atoms with Crippen LogP contribution in [0.25, 0.3) is 0 Å². The summed E-state index contributed by atoms with van der Waals surface area (Å²) in [6, 6.07) is 6.88. The molecule has 1 aromatic carbocycles. The zero-order chi connectivity index (χ0) is 11.5. The van der Waals surface area contributed by atoms with Crippen molar-refractivity contribution >= 4 is 0 Å². The zero-order valence-electron chi connectivity index (χ0n) is 9.87. The van der Waals surface area contributed by atoms with Gasteiger partial charge in [0.2, 0.25) is 0 Å². The third-order valence-electron chi connectivity index (χ3n) is 3.23. The molecule has 3 rings (SSSR count). The molecular formula is C13H18N2O2. The Bertz CT molecular complexity index is 391. The highest BCUT2D eigenvalue weighted by atomic mass is 16.6.